The van der Waals surface area contributed by atoms with Crippen molar-refractivity contribution >= 4 is 23.7 Å². The molecule has 1 fully saturated rings. The van der Waals surface area contributed by atoms with Crippen LogP contribution in [-0.2, 0) is 0 Å². The molecule has 1 saturated heterocycles. The summed E-state index contributed by atoms with van der Waals surface area (Å²) >= 11 is 1.47. The van der Waals surface area contributed by atoms with Gasteiger partial charge in [-0.25, -0.2) is 9.97 Å². The van der Waals surface area contributed by atoms with Crippen LogP contribution in [0.3, 0.4) is 0 Å². The highest BCUT2D eigenvalue weighted by Gasteiger charge is 2.24. The van der Waals surface area contributed by atoms with Crippen molar-refractivity contribution in [3.63, 3.8) is 0 Å². The fourth-order valence-corrected chi connectivity index (χ4v) is 4.45. The first-order valence-corrected chi connectivity index (χ1v) is 12.7. The highest BCUT2D eigenvalue weighted by atomic mass is 32.2. The van der Waals surface area contributed by atoms with E-state index in [0.29, 0.717) is 33.7 Å². The number of hydrogen-bond acceptors (Lipinski definition) is 8. The number of anilines is 1. The third-order valence-electron chi connectivity index (χ3n) is 5.97. The Labute approximate surface area is 211 Å². The van der Waals surface area contributed by atoms with Gasteiger partial charge in [-0.3, -0.25) is 4.90 Å². The van der Waals surface area contributed by atoms with Crippen LogP contribution >= 0.6 is 11.8 Å². The van der Waals surface area contributed by atoms with Crippen molar-refractivity contribution in [2.45, 2.75) is 5.16 Å². The smallest absolute Gasteiger partial charge is 0.189 e. The first-order valence-electron chi connectivity index (χ1n) is 11.4. The molecule has 0 atom stereocenters. The second-order valence-electron chi connectivity index (χ2n) is 8.04. The number of nitriles is 1. The quantitative estimate of drug-likeness (QED) is 0.337. The van der Waals surface area contributed by atoms with Crippen LogP contribution < -0.4 is 14.4 Å². The van der Waals surface area contributed by atoms with Gasteiger partial charge in [0.15, 0.2) is 22.5 Å². The summed E-state index contributed by atoms with van der Waals surface area (Å²) in [6, 6.07) is 18.3. The minimum atomic E-state index is 0.479. The third-order valence-corrected chi connectivity index (χ3v) is 6.51. The van der Waals surface area contributed by atoms with Crippen LogP contribution in [0.25, 0.3) is 17.3 Å². The van der Waals surface area contributed by atoms with Crippen LogP contribution in [0.15, 0.2) is 59.8 Å². The van der Waals surface area contributed by atoms with Gasteiger partial charge in [-0.05, 0) is 30.0 Å². The van der Waals surface area contributed by atoms with E-state index in [2.05, 4.69) is 45.1 Å². The maximum absolute atomic E-state index is 10.1. The molecule has 7 nitrogen and oxygen atoms in total. The Morgan fingerprint density at radius 1 is 1.00 bits per heavy atom. The maximum atomic E-state index is 10.1. The summed E-state index contributed by atoms with van der Waals surface area (Å²) in [5.74, 6) is 1.92. The lowest BCUT2D eigenvalue weighted by molar-refractivity contribution is 0.283. The standard InChI is InChI=1S/C27H29N5O2S/c1-33-23-12-11-21(18-24(23)34-2)25-22(19-28)26(30-27(29-25)35-3)32-16-14-31(15-17-32)13-7-10-20-8-5-4-6-9-20/h4-12,18H,13-17H2,1-3H3/b10-7+. The van der Waals surface area contributed by atoms with Crippen LogP contribution in [0.4, 0.5) is 5.82 Å². The van der Waals surface area contributed by atoms with Crippen LogP contribution in [-0.4, -0.2) is 68.1 Å². The summed E-state index contributed by atoms with van der Waals surface area (Å²) in [5, 5.41) is 10.8. The van der Waals surface area contributed by atoms with E-state index < -0.39 is 0 Å². The topological polar surface area (TPSA) is 74.5 Å². The third kappa shape index (κ3) is 5.76. The molecule has 1 aromatic heterocycles. The Balaban J connectivity index is 1.54. The number of hydrogen-bond donors (Lipinski definition) is 0. The van der Waals surface area contributed by atoms with Gasteiger partial charge in [0.25, 0.3) is 0 Å². The van der Waals surface area contributed by atoms with Crippen molar-refractivity contribution in [2.24, 2.45) is 0 Å². The molecule has 1 aliphatic heterocycles. The van der Waals surface area contributed by atoms with Gasteiger partial charge in [0.2, 0.25) is 0 Å². The number of aromatic nitrogens is 2. The van der Waals surface area contributed by atoms with Gasteiger partial charge >= 0.3 is 0 Å². The average Bonchev–Trinajstić information content (AvgIpc) is 2.92. The monoisotopic (exact) mass is 487 g/mol. The molecule has 4 rings (SSSR count). The molecule has 0 radical (unpaired) electrons. The molecule has 2 aromatic carbocycles. The molecule has 8 heteroatoms. The highest BCUT2D eigenvalue weighted by Crippen LogP contribution is 2.36. The minimum Gasteiger partial charge on any atom is -0.493 e. The lowest BCUT2D eigenvalue weighted by Crippen LogP contribution is -2.47. The summed E-state index contributed by atoms with van der Waals surface area (Å²) in [6.45, 7) is 4.28. The van der Waals surface area contributed by atoms with Crippen LogP contribution in [0.2, 0.25) is 0 Å². The molecule has 0 saturated carbocycles. The Morgan fingerprint density at radius 3 is 2.40 bits per heavy atom. The van der Waals surface area contributed by atoms with E-state index in [0.717, 1.165) is 38.3 Å². The predicted molar refractivity (Wildman–Crippen MR) is 141 cm³/mol. The Hall–Kier alpha value is -3.54. The molecular formula is C27H29N5O2S. The molecular weight excluding hydrogens is 458 g/mol. The molecule has 1 aliphatic rings. The van der Waals surface area contributed by atoms with Gasteiger partial charge < -0.3 is 14.4 Å². The lowest BCUT2D eigenvalue weighted by atomic mass is 10.1. The molecule has 0 N–H and O–H groups in total. The van der Waals surface area contributed by atoms with Gasteiger partial charge in [0.1, 0.15) is 11.6 Å². The van der Waals surface area contributed by atoms with Crippen molar-refractivity contribution in [1.29, 1.82) is 5.26 Å². The number of piperazine rings is 1. The second-order valence-corrected chi connectivity index (χ2v) is 8.81. The number of thioether (sulfide) groups is 1. The summed E-state index contributed by atoms with van der Waals surface area (Å²) in [5.41, 5.74) is 3.09. The van der Waals surface area contributed by atoms with Crippen molar-refractivity contribution in [3.8, 4) is 28.8 Å². The van der Waals surface area contributed by atoms with Gasteiger partial charge in [0, 0.05) is 38.3 Å². The Morgan fingerprint density at radius 2 is 1.74 bits per heavy atom. The van der Waals surface area contributed by atoms with E-state index >= 15 is 0 Å². The second kappa shape index (κ2) is 11.7. The molecule has 35 heavy (non-hydrogen) atoms. The molecule has 0 unspecified atom stereocenters. The van der Waals surface area contributed by atoms with E-state index in [4.69, 9.17) is 14.5 Å². The fraction of sp³-hybridized carbons (Fsp3) is 0.296. The normalized spacial score (nSPS) is 14.2. The number of rotatable bonds is 8. The van der Waals surface area contributed by atoms with Crippen molar-refractivity contribution < 1.29 is 9.47 Å². The zero-order valence-corrected chi connectivity index (χ0v) is 21.1. The van der Waals surface area contributed by atoms with Crippen LogP contribution in [0, 0.1) is 11.3 Å². The van der Waals surface area contributed by atoms with E-state index in [9.17, 15) is 5.26 Å². The first kappa shape index (κ1) is 24.6. The summed E-state index contributed by atoms with van der Waals surface area (Å²) in [4.78, 5) is 14.0. The number of nitrogens with zero attached hydrogens (tertiary/aromatic N) is 5. The maximum Gasteiger partial charge on any atom is 0.189 e. The Kier molecular flexibility index (Phi) is 8.24. The lowest BCUT2D eigenvalue weighted by Gasteiger charge is -2.35. The molecule has 2 heterocycles. The van der Waals surface area contributed by atoms with Crippen molar-refractivity contribution in [3.05, 3.63) is 65.7 Å². The van der Waals surface area contributed by atoms with Gasteiger partial charge in [-0.2, -0.15) is 5.26 Å². The van der Waals surface area contributed by atoms with Crippen LogP contribution in [0.5, 0.6) is 11.5 Å². The van der Waals surface area contributed by atoms with E-state index in [1.54, 1.807) is 14.2 Å². The van der Waals surface area contributed by atoms with Crippen molar-refractivity contribution in [2.75, 3.05) is 58.1 Å². The van der Waals surface area contributed by atoms with Gasteiger partial charge in [0.05, 0.1) is 19.9 Å². The minimum absolute atomic E-state index is 0.479. The molecule has 0 aliphatic carbocycles. The summed E-state index contributed by atoms with van der Waals surface area (Å²) in [6.07, 6.45) is 6.31. The molecule has 0 spiro atoms. The number of methoxy groups -OCH3 is 2. The number of ether oxygens (including phenoxy) is 2. The largest absolute Gasteiger partial charge is 0.493 e. The summed E-state index contributed by atoms with van der Waals surface area (Å²) < 4.78 is 10.8. The fourth-order valence-electron chi connectivity index (χ4n) is 4.09. The average molecular weight is 488 g/mol. The molecule has 0 amide bonds. The Bertz CT molecular complexity index is 1220. The van der Waals surface area contributed by atoms with Crippen molar-refractivity contribution in [1.82, 2.24) is 14.9 Å². The predicted octanol–water partition coefficient (Wildman–Crippen LogP) is 4.59. The first-order chi connectivity index (χ1) is 17.2. The van der Waals surface area contributed by atoms with Crippen LogP contribution in [0.1, 0.15) is 11.1 Å². The SMILES string of the molecule is COc1ccc(-c2nc(SC)nc(N3CCN(C/C=C/c4ccccc4)CC3)c2C#N)cc1OC. The molecule has 3 aromatic rings. The molecule has 180 valence electrons. The van der Waals surface area contributed by atoms with E-state index in [-0.39, 0.29) is 0 Å². The zero-order chi connectivity index (χ0) is 24.6. The molecule has 0 bridgehead atoms. The zero-order valence-electron chi connectivity index (χ0n) is 20.3. The van der Waals surface area contributed by atoms with Gasteiger partial charge in [-0.1, -0.05) is 54.2 Å². The van der Waals surface area contributed by atoms with E-state index in [1.165, 1.54) is 17.3 Å². The van der Waals surface area contributed by atoms with Gasteiger partial charge in [-0.15, -0.1) is 0 Å². The highest BCUT2D eigenvalue weighted by molar-refractivity contribution is 7.98. The van der Waals surface area contributed by atoms with E-state index in [1.807, 2.05) is 42.7 Å². The summed E-state index contributed by atoms with van der Waals surface area (Å²) in [7, 11) is 3.20. The number of benzene rings is 2.